The summed E-state index contributed by atoms with van der Waals surface area (Å²) in [4.78, 5) is 48.3. The number of aromatic nitrogens is 3. The SMILES string of the molecule is CC(C)N1C(=O)CC(NC(=O)Cn2ncn(C)c2=O)C1=O. The minimum atomic E-state index is -0.869. The molecule has 1 N–H and O–H groups in total. The molecule has 0 aromatic carbocycles. The first-order chi connectivity index (χ1) is 9.81. The van der Waals surface area contributed by atoms with E-state index in [1.165, 1.54) is 17.9 Å². The molecular weight excluding hydrogens is 278 g/mol. The van der Waals surface area contributed by atoms with Crippen molar-refractivity contribution in [3.05, 3.63) is 16.8 Å². The Kier molecular flexibility index (Phi) is 3.92. The third-order valence-electron chi connectivity index (χ3n) is 3.21. The van der Waals surface area contributed by atoms with Gasteiger partial charge in [-0.3, -0.25) is 23.9 Å². The number of carbonyl (C=O) groups excluding carboxylic acids is 3. The van der Waals surface area contributed by atoms with E-state index < -0.39 is 23.5 Å². The number of amides is 3. The zero-order valence-electron chi connectivity index (χ0n) is 12.1. The minimum Gasteiger partial charge on any atom is -0.342 e. The third kappa shape index (κ3) is 2.86. The maximum absolute atomic E-state index is 12.0. The highest BCUT2D eigenvalue weighted by atomic mass is 16.2. The molecule has 1 aliphatic heterocycles. The Balaban J connectivity index is 2.01. The van der Waals surface area contributed by atoms with Gasteiger partial charge in [-0.25, -0.2) is 9.48 Å². The number of hydrogen-bond donors (Lipinski definition) is 1. The monoisotopic (exact) mass is 295 g/mol. The van der Waals surface area contributed by atoms with Crippen LogP contribution in [0.3, 0.4) is 0 Å². The van der Waals surface area contributed by atoms with E-state index in [1.807, 2.05) is 0 Å². The van der Waals surface area contributed by atoms with Crippen molar-refractivity contribution in [1.82, 2.24) is 24.6 Å². The molecule has 1 aromatic rings. The number of nitrogens with one attached hydrogen (secondary N) is 1. The second-order valence-electron chi connectivity index (χ2n) is 5.20. The van der Waals surface area contributed by atoms with Crippen LogP contribution < -0.4 is 11.0 Å². The van der Waals surface area contributed by atoms with E-state index in [0.717, 1.165) is 9.58 Å². The lowest BCUT2D eigenvalue weighted by atomic mass is 10.2. The first-order valence-corrected chi connectivity index (χ1v) is 6.55. The summed E-state index contributed by atoms with van der Waals surface area (Å²) in [6, 6.07) is -1.11. The molecule has 0 aliphatic carbocycles. The van der Waals surface area contributed by atoms with Gasteiger partial charge >= 0.3 is 5.69 Å². The Morgan fingerprint density at radius 1 is 1.43 bits per heavy atom. The smallest absolute Gasteiger partial charge is 0.342 e. The molecule has 0 spiro atoms. The summed E-state index contributed by atoms with van der Waals surface area (Å²) in [7, 11) is 1.52. The van der Waals surface area contributed by atoms with Crippen LogP contribution in [0.5, 0.6) is 0 Å². The van der Waals surface area contributed by atoms with Gasteiger partial charge in [-0.05, 0) is 13.8 Å². The Bertz CT molecular complexity index is 644. The van der Waals surface area contributed by atoms with Crippen molar-refractivity contribution in [3.8, 4) is 0 Å². The number of likely N-dealkylation sites (tertiary alicyclic amines) is 1. The molecule has 2 heterocycles. The van der Waals surface area contributed by atoms with Crippen molar-refractivity contribution in [2.75, 3.05) is 0 Å². The Morgan fingerprint density at radius 2 is 2.10 bits per heavy atom. The summed E-state index contributed by atoms with van der Waals surface area (Å²) in [5.74, 6) is -1.26. The van der Waals surface area contributed by atoms with E-state index >= 15 is 0 Å². The van der Waals surface area contributed by atoms with Crippen LogP contribution in [-0.2, 0) is 28.0 Å². The van der Waals surface area contributed by atoms with Crippen LogP contribution in [0.15, 0.2) is 11.1 Å². The largest absolute Gasteiger partial charge is 0.345 e. The lowest BCUT2D eigenvalue weighted by Gasteiger charge is -2.19. The molecule has 9 heteroatoms. The second kappa shape index (κ2) is 5.51. The molecule has 3 amide bonds. The summed E-state index contributed by atoms with van der Waals surface area (Å²) in [5, 5.41) is 6.22. The lowest BCUT2D eigenvalue weighted by Crippen LogP contribution is -2.45. The molecule has 1 fully saturated rings. The van der Waals surface area contributed by atoms with Crippen LogP contribution in [0.4, 0.5) is 0 Å². The van der Waals surface area contributed by atoms with Crippen molar-refractivity contribution in [2.45, 2.75) is 38.9 Å². The molecule has 9 nitrogen and oxygen atoms in total. The maximum atomic E-state index is 12.0. The van der Waals surface area contributed by atoms with Crippen LogP contribution in [-0.4, -0.2) is 49.1 Å². The molecule has 114 valence electrons. The van der Waals surface area contributed by atoms with E-state index in [1.54, 1.807) is 13.8 Å². The van der Waals surface area contributed by atoms with Crippen molar-refractivity contribution in [2.24, 2.45) is 7.05 Å². The highest BCUT2D eigenvalue weighted by Gasteiger charge is 2.40. The third-order valence-corrected chi connectivity index (χ3v) is 3.21. The van der Waals surface area contributed by atoms with Gasteiger partial charge in [0.05, 0.1) is 6.42 Å². The number of hydrogen-bond acceptors (Lipinski definition) is 5. The molecule has 1 aromatic heterocycles. The Labute approximate surface area is 120 Å². The van der Waals surface area contributed by atoms with E-state index in [2.05, 4.69) is 10.4 Å². The van der Waals surface area contributed by atoms with Gasteiger partial charge in [-0.2, -0.15) is 5.10 Å². The zero-order valence-corrected chi connectivity index (χ0v) is 12.1. The van der Waals surface area contributed by atoms with Crippen molar-refractivity contribution in [3.63, 3.8) is 0 Å². The maximum Gasteiger partial charge on any atom is 0.345 e. The summed E-state index contributed by atoms with van der Waals surface area (Å²) in [6.45, 7) is 3.17. The van der Waals surface area contributed by atoms with E-state index in [4.69, 9.17) is 0 Å². The van der Waals surface area contributed by atoms with Crippen molar-refractivity contribution < 1.29 is 14.4 Å². The molecule has 1 aliphatic rings. The van der Waals surface area contributed by atoms with Crippen LogP contribution in [0.25, 0.3) is 0 Å². The van der Waals surface area contributed by atoms with Crippen molar-refractivity contribution >= 4 is 17.7 Å². The van der Waals surface area contributed by atoms with Gasteiger partial charge < -0.3 is 5.32 Å². The van der Waals surface area contributed by atoms with E-state index in [0.29, 0.717) is 0 Å². The normalized spacial score (nSPS) is 18.7. The molecule has 1 saturated heterocycles. The van der Waals surface area contributed by atoms with Crippen LogP contribution in [0.2, 0.25) is 0 Å². The predicted molar refractivity (Wildman–Crippen MR) is 71.0 cm³/mol. The Hall–Kier alpha value is -2.45. The fourth-order valence-corrected chi connectivity index (χ4v) is 2.21. The van der Waals surface area contributed by atoms with Gasteiger partial charge in [-0.1, -0.05) is 0 Å². The zero-order chi connectivity index (χ0) is 15.7. The average Bonchev–Trinajstić information content (AvgIpc) is 2.83. The fraction of sp³-hybridized carbons (Fsp3) is 0.583. The molecule has 1 atom stereocenters. The van der Waals surface area contributed by atoms with E-state index in [-0.39, 0.29) is 24.9 Å². The average molecular weight is 295 g/mol. The van der Waals surface area contributed by atoms with Gasteiger partial charge in [0.1, 0.15) is 18.9 Å². The highest BCUT2D eigenvalue weighted by Crippen LogP contribution is 2.15. The van der Waals surface area contributed by atoms with Gasteiger partial charge in [0, 0.05) is 13.1 Å². The van der Waals surface area contributed by atoms with Crippen molar-refractivity contribution in [1.29, 1.82) is 0 Å². The summed E-state index contributed by atoms with van der Waals surface area (Å²) in [6.07, 6.45) is 1.24. The fourth-order valence-electron chi connectivity index (χ4n) is 2.21. The topological polar surface area (TPSA) is 106 Å². The number of nitrogens with zero attached hydrogens (tertiary/aromatic N) is 4. The Morgan fingerprint density at radius 3 is 2.57 bits per heavy atom. The van der Waals surface area contributed by atoms with Crippen LogP contribution in [0, 0.1) is 0 Å². The molecule has 21 heavy (non-hydrogen) atoms. The summed E-state index contributed by atoms with van der Waals surface area (Å²) in [5.41, 5.74) is -0.428. The van der Waals surface area contributed by atoms with Crippen LogP contribution >= 0.6 is 0 Å². The van der Waals surface area contributed by atoms with E-state index in [9.17, 15) is 19.2 Å². The predicted octanol–water partition coefficient (Wildman–Crippen LogP) is -1.77. The molecule has 0 saturated carbocycles. The molecule has 0 radical (unpaired) electrons. The minimum absolute atomic E-state index is 0.0557. The number of carbonyl (C=O) groups is 3. The molecule has 2 rings (SSSR count). The number of rotatable bonds is 4. The van der Waals surface area contributed by atoms with Gasteiger partial charge in [0.25, 0.3) is 5.91 Å². The number of aryl methyl sites for hydroxylation is 1. The molecule has 1 unspecified atom stereocenters. The van der Waals surface area contributed by atoms with Gasteiger partial charge in [-0.15, -0.1) is 0 Å². The first kappa shape index (κ1) is 14.9. The van der Waals surface area contributed by atoms with Crippen LogP contribution in [0.1, 0.15) is 20.3 Å². The summed E-state index contributed by atoms with van der Waals surface area (Å²) >= 11 is 0. The molecular formula is C12H17N5O4. The first-order valence-electron chi connectivity index (χ1n) is 6.55. The summed E-state index contributed by atoms with van der Waals surface area (Å²) < 4.78 is 2.22. The highest BCUT2D eigenvalue weighted by molar-refractivity contribution is 6.07. The lowest BCUT2D eigenvalue weighted by molar-refractivity contribution is -0.141. The molecule has 0 bridgehead atoms. The standard InChI is InChI=1S/C12H17N5O4/c1-7(2)17-10(19)4-8(11(17)20)14-9(18)5-16-12(21)15(3)6-13-16/h6-8H,4-5H2,1-3H3,(H,14,18). The second-order valence-corrected chi connectivity index (χ2v) is 5.20. The van der Waals surface area contributed by atoms with Gasteiger partial charge in [0.15, 0.2) is 0 Å². The number of imide groups is 1. The van der Waals surface area contributed by atoms with Gasteiger partial charge in [0.2, 0.25) is 11.8 Å². The quantitative estimate of drug-likeness (QED) is 0.662.